The maximum Gasteiger partial charge on any atom is 0.303 e. The van der Waals surface area contributed by atoms with Crippen LogP contribution in [-0.2, 0) is 9.59 Å². The molecule has 224 valence electrons. The topological polar surface area (TPSA) is 246 Å². The van der Waals surface area contributed by atoms with Crippen molar-refractivity contribution in [1.82, 2.24) is 10.6 Å². The number of aliphatic carboxylic acids is 1. The molecule has 2 rings (SSSR count). The van der Waals surface area contributed by atoms with Crippen LogP contribution in [0.2, 0.25) is 0 Å². The predicted molar refractivity (Wildman–Crippen MR) is 149 cm³/mol. The summed E-state index contributed by atoms with van der Waals surface area (Å²) in [6.45, 7) is 0.585. The number of ketones is 3. The molecule has 0 aliphatic carbocycles. The zero-order chi connectivity index (χ0) is 30.6. The Morgan fingerprint density at radius 3 is 2.00 bits per heavy atom. The fourth-order valence-corrected chi connectivity index (χ4v) is 4.47. The molecule has 0 radical (unpaired) electrons. The Kier molecular flexibility index (Phi) is 12.7. The molecular formula is C28H38N4O9. The van der Waals surface area contributed by atoms with Crippen molar-refractivity contribution >= 4 is 23.3 Å². The molecule has 2 aromatic rings. The molecule has 2 atom stereocenters. The predicted octanol–water partition coefficient (Wildman–Crippen LogP) is 0.773. The smallest absolute Gasteiger partial charge is 0.303 e. The van der Waals surface area contributed by atoms with E-state index in [-0.39, 0.29) is 56.6 Å². The third-order valence-corrected chi connectivity index (χ3v) is 6.67. The van der Waals surface area contributed by atoms with Gasteiger partial charge in [-0.2, -0.15) is 0 Å². The van der Waals surface area contributed by atoms with E-state index in [1.807, 2.05) is 0 Å². The van der Waals surface area contributed by atoms with Gasteiger partial charge in [0, 0.05) is 6.42 Å². The van der Waals surface area contributed by atoms with Crippen molar-refractivity contribution in [2.45, 2.75) is 50.1 Å². The van der Waals surface area contributed by atoms with Crippen molar-refractivity contribution < 1.29 is 44.7 Å². The average molecular weight is 575 g/mol. The van der Waals surface area contributed by atoms with Crippen LogP contribution in [-0.4, -0.2) is 86.6 Å². The highest BCUT2D eigenvalue weighted by Crippen LogP contribution is 2.33. The second kappa shape index (κ2) is 15.7. The monoisotopic (exact) mass is 574 g/mol. The van der Waals surface area contributed by atoms with Crippen LogP contribution in [0.15, 0.2) is 36.4 Å². The number of carboxylic acids is 1. The van der Waals surface area contributed by atoms with Gasteiger partial charge in [0.15, 0.2) is 40.3 Å². The number of carboxylic acid groups (broad SMARTS) is 1. The van der Waals surface area contributed by atoms with Crippen molar-refractivity contribution in [3.8, 4) is 23.0 Å². The minimum atomic E-state index is -1.96. The van der Waals surface area contributed by atoms with Crippen LogP contribution in [0.1, 0.15) is 59.2 Å². The van der Waals surface area contributed by atoms with Crippen molar-refractivity contribution in [2.75, 3.05) is 26.2 Å². The van der Waals surface area contributed by atoms with Crippen LogP contribution in [0.25, 0.3) is 0 Å². The third kappa shape index (κ3) is 8.47. The first kappa shape index (κ1) is 33.2. The molecule has 0 aliphatic heterocycles. The third-order valence-electron chi connectivity index (χ3n) is 6.67. The molecule has 0 bridgehead atoms. The Hall–Kier alpha value is -4.04. The lowest BCUT2D eigenvalue weighted by Gasteiger charge is -2.33. The number of para-hydroxylation sites is 2. The van der Waals surface area contributed by atoms with Crippen LogP contribution in [0.5, 0.6) is 23.0 Å². The van der Waals surface area contributed by atoms with Crippen LogP contribution >= 0.6 is 0 Å². The molecule has 0 saturated heterocycles. The van der Waals surface area contributed by atoms with Gasteiger partial charge in [-0.25, -0.2) is 0 Å². The molecule has 0 spiro atoms. The van der Waals surface area contributed by atoms with Crippen molar-refractivity contribution in [3.63, 3.8) is 0 Å². The van der Waals surface area contributed by atoms with Crippen molar-refractivity contribution in [2.24, 2.45) is 11.5 Å². The van der Waals surface area contributed by atoms with E-state index in [0.29, 0.717) is 6.42 Å². The van der Waals surface area contributed by atoms with Gasteiger partial charge in [0.1, 0.15) is 5.54 Å². The number of hydrogen-bond acceptors (Lipinski definition) is 12. The number of Topliss-reactive ketones (excluding diaryl/α,β-unsaturated/α-hetero) is 3. The summed E-state index contributed by atoms with van der Waals surface area (Å²) < 4.78 is 0. The summed E-state index contributed by atoms with van der Waals surface area (Å²) in [7, 11) is 0. The SMILES string of the molecule is NCCCNC(CCCNC(CCN)C(=O)c1cccc(O)c1O)(C(=O)CCC(=O)O)C(=O)c1cccc(O)c1O. The zero-order valence-corrected chi connectivity index (χ0v) is 22.6. The molecule has 2 unspecified atom stereocenters. The number of carbonyl (C=O) groups is 4. The van der Waals surface area contributed by atoms with E-state index in [1.165, 1.54) is 36.4 Å². The standard InChI is InChI=1S/C28H38N4O9/c29-13-4-16-32-28(22(35)9-10-23(36)37,27(41)18-6-2-8-21(34)26(18)40)12-3-15-31-19(11-14-30)24(38)17-5-1-7-20(33)25(17)39/h1-2,5-8,19,31-34,39-40H,3-4,9-16,29-30H2,(H,36,37). The average Bonchev–Trinajstić information content (AvgIpc) is 2.94. The number of nitrogens with one attached hydrogen (secondary N) is 2. The first-order chi connectivity index (χ1) is 19.5. The number of benzene rings is 2. The number of aromatic hydroxyl groups is 4. The van der Waals surface area contributed by atoms with E-state index >= 15 is 0 Å². The van der Waals surface area contributed by atoms with E-state index in [9.17, 15) is 39.6 Å². The summed E-state index contributed by atoms with van der Waals surface area (Å²) >= 11 is 0. The van der Waals surface area contributed by atoms with Gasteiger partial charge < -0.3 is 42.3 Å². The Balaban J connectivity index is 2.35. The number of hydrogen-bond donors (Lipinski definition) is 9. The summed E-state index contributed by atoms with van der Waals surface area (Å²) in [5, 5.41) is 55.4. The van der Waals surface area contributed by atoms with Gasteiger partial charge in [-0.3, -0.25) is 24.5 Å². The number of carbonyl (C=O) groups excluding carboxylic acids is 3. The number of phenolic OH excluding ortho intramolecular Hbond substituents is 4. The van der Waals surface area contributed by atoms with Crippen LogP contribution < -0.4 is 22.1 Å². The van der Waals surface area contributed by atoms with Gasteiger partial charge in [0.05, 0.1) is 23.6 Å². The van der Waals surface area contributed by atoms with Crippen molar-refractivity contribution in [1.29, 1.82) is 0 Å². The summed E-state index contributed by atoms with van der Waals surface area (Å²) in [6.07, 6.45) is -0.475. The molecule has 0 amide bonds. The fraction of sp³-hybridized carbons (Fsp3) is 0.429. The normalized spacial score (nSPS) is 13.3. The zero-order valence-electron chi connectivity index (χ0n) is 22.6. The lowest BCUT2D eigenvalue weighted by atomic mass is 9.79. The molecule has 0 heterocycles. The highest BCUT2D eigenvalue weighted by molar-refractivity contribution is 6.20. The summed E-state index contributed by atoms with van der Waals surface area (Å²) in [5.41, 5.74) is 8.88. The van der Waals surface area contributed by atoms with Gasteiger partial charge in [-0.15, -0.1) is 0 Å². The lowest BCUT2D eigenvalue weighted by Crippen LogP contribution is -2.59. The Bertz CT molecular complexity index is 1240. The summed E-state index contributed by atoms with van der Waals surface area (Å²) in [6, 6.07) is 6.89. The highest BCUT2D eigenvalue weighted by Gasteiger charge is 2.45. The first-order valence-electron chi connectivity index (χ1n) is 13.2. The summed E-state index contributed by atoms with van der Waals surface area (Å²) in [4.78, 5) is 51.6. The van der Waals surface area contributed by atoms with Crippen LogP contribution in [0, 0.1) is 0 Å². The number of nitrogens with two attached hydrogens (primary N) is 2. The highest BCUT2D eigenvalue weighted by atomic mass is 16.4. The quantitative estimate of drug-likeness (QED) is 0.0487. The maximum atomic E-state index is 13.8. The van der Waals surface area contributed by atoms with Gasteiger partial charge >= 0.3 is 5.97 Å². The Labute approximate surface area is 237 Å². The van der Waals surface area contributed by atoms with Crippen LogP contribution in [0.3, 0.4) is 0 Å². The summed E-state index contributed by atoms with van der Waals surface area (Å²) in [5.74, 6) is -5.62. The van der Waals surface area contributed by atoms with Gasteiger partial charge in [0.25, 0.3) is 0 Å². The molecule has 0 saturated carbocycles. The van der Waals surface area contributed by atoms with E-state index in [4.69, 9.17) is 16.6 Å². The molecule has 13 heteroatoms. The lowest BCUT2D eigenvalue weighted by molar-refractivity contribution is -0.139. The second-order valence-corrected chi connectivity index (χ2v) is 9.52. The molecule has 0 aliphatic rings. The van der Waals surface area contributed by atoms with Gasteiger partial charge in [0.2, 0.25) is 0 Å². The molecular weight excluding hydrogens is 536 g/mol. The minimum absolute atomic E-state index is 0.0990. The number of phenols is 4. The van der Waals surface area contributed by atoms with Gasteiger partial charge in [-0.1, -0.05) is 12.1 Å². The Morgan fingerprint density at radius 2 is 1.41 bits per heavy atom. The second-order valence-electron chi connectivity index (χ2n) is 9.52. The van der Waals surface area contributed by atoms with E-state index in [2.05, 4.69) is 10.6 Å². The van der Waals surface area contributed by atoms with Crippen molar-refractivity contribution in [3.05, 3.63) is 47.5 Å². The first-order valence-corrected chi connectivity index (χ1v) is 13.2. The fourth-order valence-electron chi connectivity index (χ4n) is 4.47. The van der Waals surface area contributed by atoms with E-state index in [0.717, 1.165) is 0 Å². The molecule has 0 fully saturated rings. The molecule has 11 N–H and O–H groups in total. The molecule has 13 nitrogen and oxygen atoms in total. The molecule has 0 aromatic heterocycles. The molecule has 2 aromatic carbocycles. The largest absolute Gasteiger partial charge is 0.504 e. The van der Waals surface area contributed by atoms with E-state index < -0.39 is 70.7 Å². The number of rotatable bonds is 19. The minimum Gasteiger partial charge on any atom is -0.504 e. The Morgan fingerprint density at radius 1 is 0.805 bits per heavy atom. The maximum absolute atomic E-state index is 13.8. The van der Waals surface area contributed by atoms with Crippen LogP contribution in [0.4, 0.5) is 0 Å². The van der Waals surface area contributed by atoms with E-state index in [1.54, 1.807) is 0 Å². The molecule has 41 heavy (non-hydrogen) atoms. The van der Waals surface area contributed by atoms with Gasteiger partial charge in [-0.05, 0) is 76.1 Å².